The molecule has 0 radical (unpaired) electrons. The first-order valence-electron chi connectivity index (χ1n) is 4.20. The van der Waals surface area contributed by atoms with Crippen LogP contribution in [0, 0.1) is 17.0 Å². The van der Waals surface area contributed by atoms with Crippen LogP contribution in [-0.2, 0) is 0 Å². The summed E-state index contributed by atoms with van der Waals surface area (Å²) < 4.78 is 0. The smallest absolute Gasteiger partial charge is 0.272 e. The Kier molecular flexibility index (Phi) is 2.99. The lowest BCUT2D eigenvalue weighted by Crippen LogP contribution is -2.09. The van der Waals surface area contributed by atoms with Gasteiger partial charge in [0, 0.05) is 17.7 Å². The van der Waals surface area contributed by atoms with E-state index in [-0.39, 0.29) is 11.7 Å². The predicted octanol–water partition coefficient (Wildman–Crippen LogP) is 2.09. The van der Waals surface area contributed by atoms with Gasteiger partial charge < -0.3 is 5.73 Å². The van der Waals surface area contributed by atoms with E-state index in [1.165, 1.54) is 6.07 Å². The normalized spacial score (nSPS) is 12.1. The quantitative estimate of drug-likeness (QED) is 0.453. The number of nitrogens with zero attached hydrogens (tertiary/aromatic N) is 1. The van der Waals surface area contributed by atoms with E-state index in [0.717, 1.165) is 5.56 Å². The van der Waals surface area contributed by atoms with Crippen molar-refractivity contribution in [3.63, 3.8) is 0 Å². The number of nitrogens with two attached hydrogens (primary N) is 1. The SMILES string of the molecule is C=C[C@@H](N)c1cccc([N+](=O)[O-])c1C. The second-order valence-electron chi connectivity index (χ2n) is 3.01. The maximum Gasteiger partial charge on any atom is 0.272 e. The van der Waals surface area contributed by atoms with E-state index in [9.17, 15) is 10.1 Å². The maximum absolute atomic E-state index is 10.6. The van der Waals surface area contributed by atoms with E-state index in [1.807, 2.05) is 0 Å². The van der Waals surface area contributed by atoms with Gasteiger partial charge in [-0.3, -0.25) is 10.1 Å². The third-order valence-electron chi connectivity index (χ3n) is 2.16. The summed E-state index contributed by atoms with van der Waals surface area (Å²) in [4.78, 5) is 10.2. The van der Waals surface area contributed by atoms with Gasteiger partial charge in [0.1, 0.15) is 0 Å². The minimum absolute atomic E-state index is 0.0970. The number of rotatable bonds is 3. The number of nitro groups is 1. The number of hydrogen-bond acceptors (Lipinski definition) is 3. The van der Waals surface area contributed by atoms with Crippen molar-refractivity contribution in [3.8, 4) is 0 Å². The molecule has 0 fully saturated rings. The van der Waals surface area contributed by atoms with Gasteiger partial charge in [-0.1, -0.05) is 18.2 Å². The van der Waals surface area contributed by atoms with E-state index in [1.54, 1.807) is 25.1 Å². The standard InChI is InChI=1S/C10H12N2O2/c1-3-9(11)8-5-4-6-10(7(8)2)12(13)14/h3-6,9H,1,11H2,2H3/t9-/m1/s1. The zero-order valence-corrected chi connectivity index (χ0v) is 7.93. The molecule has 0 heterocycles. The van der Waals surface area contributed by atoms with Gasteiger partial charge in [-0.25, -0.2) is 0 Å². The molecule has 1 atom stereocenters. The highest BCUT2D eigenvalue weighted by molar-refractivity contribution is 5.46. The van der Waals surface area contributed by atoms with Gasteiger partial charge in [-0.2, -0.15) is 0 Å². The molecule has 1 aromatic carbocycles. The van der Waals surface area contributed by atoms with Gasteiger partial charge in [-0.05, 0) is 12.5 Å². The van der Waals surface area contributed by atoms with Crippen LogP contribution in [0.2, 0.25) is 0 Å². The summed E-state index contributed by atoms with van der Waals surface area (Å²) in [6.07, 6.45) is 1.56. The zero-order valence-electron chi connectivity index (χ0n) is 7.93. The van der Waals surface area contributed by atoms with Crippen LogP contribution < -0.4 is 5.73 Å². The second kappa shape index (κ2) is 4.02. The fraction of sp³-hybridized carbons (Fsp3) is 0.200. The summed E-state index contributed by atoms with van der Waals surface area (Å²) >= 11 is 0. The Morgan fingerprint density at radius 2 is 2.29 bits per heavy atom. The molecular weight excluding hydrogens is 180 g/mol. The second-order valence-corrected chi connectivity index (χ2v) is 3.01. The van der Waals surface area contributed by atoms with Crippen molar-refractivity contribution in [2.75, 3.05) is 0 Å². The van der Waals surface area contributed by atoms with Crippen molar-refractivity contribution in [2.45, 2.75) is 13.0 Å². The van der Waals surface area contributed by atoms with Gasteiger partial charge in [0.2, 0.25) is 0 Å². The molecule has 0 saturated heterocycles. The number of hydrogen-bond donors (Lipinski definition) is 1. The van der Waals surface area contributed by atoms with Gasteiger partial charge in [0.05, 0.1) is 4.92 Å². The molecule has 0 aromatic heterocycles. The van der Waals surface area contributed by atoms with Crippen LogP contribution in [0.15, 0.2) is 30.9 Å². The van der Waals surface area contributed by atoms with Crippen LogP contribution >= 0.6 is 0 Å². The summed E-state index contributed by atoms with van der Waals surface area (Å²) in [6.45, 7) is 5.25. The maximum atomic E-state index is 10.6. The average molecular weight is 192 g/mol. The Morgan fingerprint density at radius 1 is 1.64 bits per heavy atom. The molecule has 74 valence electrons. The molecular formula is C10H12N2O2. The van der Waals surface area contributed by atoms with Gasteiger partial charge in [0.25, 0.3) is 5.69 Å². The van der Waals surface area contributed by atoms with Gasteiger partial charge in [0.15, 0.2) is 0 Å². The van der Waals surface area contributed by atoms with Crippen LogP contribution in [0.25, 0.3) is 0 Å². The van der Waals surface area contributed by atoms with Gasteiger partial charge >= 0.3 is 0 Å². The minimum atomic E-state index is -0.408. The average Bonchev–Trinajstić information content (AvgIpc) is 2.16. The van der Waals surface area contributed by atoms with Crippen molar-refractivity contribution in [1.82, 2.24) is 0 Å². The molecule has 0 amide bonds. The number of benzene rings is 1. The largest absolute Gasteiger partial charge is 0.321 e. The summed E-state index contributed by atoms with van der Waals surface area (Å²) in [7, 11) is 0. The van der Waals surface area contributed by atoms with Crippen LogP contribution in [-0.4, -0.2) is 4.92 Å². The van der Waals surface area contributed by atoms with Crippen LogP contribution in [0.3, 0.4) is 0 Å². The Balaban J connectivity index is 3.26. The molecule has 4 heteroatoms. The molecule has 1 rings (SSSR count). The van der Waals surface area contributed by atoms with Crippen molar-refractivity contribution < 1.29 is 4.92 Å². The topological polar surface area (TPSA) is 69.2 Å². The summed E-state index contributed by atoms with van der Waals surface area (Å²) in [5, 5.41) is 10.6. The Labute approximate surface area is 82.2 Å². The lowest BCUT2D eigenvalue weighted by Gasteiger charge is -2.09. The monoisotopic (exact) mass is 192 g/mol. The molecule has 0 aliphatic carbocycles. The predicted molar refractivity (Wildman–Crippen MR) is 55.0 cm³/mol. The first-order valence-corrected chi connectivity index (χ1v) is 4.20. The molecule has 2 N–H and O–H groups in total. The summed E-state index contributed by atoms with van der Waals surface area (Å²) in [5.74, 6) is 0. The van der Waals surface area contributed by atoms with E-state index in [2.05, 4.69) is 6.58 Å². The van der Waals surface area contributed by atoms with Crippen LogP contribution in [0.1, 0.15) is 17.2 Å². The molecule has 0 unspecified atom stereocenters. The Morgan fingerprint density at radius 3 is 2.79 bits per heavy atom. The minimum Gasteiger partial charge on any atom is -0.321 e. The van der Waals surface area contributed by atoms with Crippen molar-refractivity contribution >= 4 is 5.69 Å². The molecule has 0 bridgehead atoms. The third kappa shape index (κ3) is 1.80. The molecule has 1 aromatic rings. The van der Waals surface area contributed by atoms with Crippen molar-refractivity contribution in [1.29, 1.82) is 0 Å². The highest BCUT2D eigenvalue weighted by atomic mass is 16.6. The van der Waals surface area contributed by atoms with Crippen LogP contribution in [0.5, 0.6) is 0 Å². The molecule has 0 aliphatic rings. The molecule has 14 heavy (non-hydrogen) atoms. The lowest BCUT2D eigenvalue weighted by molar-refractivity contribution is -0.385. The zero-order chi connectivity index (χ0) is 10.7. The fourth-order valence-electron chi connectivity index (χ4n) is 1.33. The third-order valence-corrected chi connectivity index (χ3v) is 2.16. The van der Waals surface area contributed by atoms with E-state index in [4.69, 9.17) is 5.73 Å². The first-order chi connectivity index (χ1) is 6.57. The van der Waals surface area contributed by atoms with Gasteiger partial charge in [-0.15, -0.1) is 6.58 Å². The highest BCUT2D eigenvalue weighted by Crippen LogP contribution is 2.24. The van der Waals surface area contributed by atoms with Crippen LogP contribution in [0.4, 0.5) is 5.69 Å². The molecule has 4 nitrogen and oxygen atoms in total. The number of nitro benzene ring substituents is 1. The highest BCUT2D eigenvalue weighted by Gasteiger charge is 2.15. The van der Waals surface area contributed by atoms with Crippen molar-refractivity contribution in [2.24, 2.45) is 5.73 Å². The molecule has 0 spiro atoms. The summed E-state index contributed by atoms with van der Waals surface area (Å²) in [5.41, 5.74) is 7.17. The van der Waals surface area contributed by atoms with Crippen molar-refractivity contribution in [3.05, 3.63) is 52.1 Å². The lowest BCUT2D eigenvalue weighted by atomic mass is 10.0. The first kappa shape index (κ1) is 10.4. The fourth-order valence-corrected chi connectivity index (χ4v) is 1.33. The van der Waals surface area contributed by atoms with E-state index >= 15 is 0 Å². The Hall–Kier alpha value is -1.68. The van der Waals surface area contributed by atoms with E-state index < -0.39 is 4.92 Å². The Bertz CT molecular complexity index is 374. The molecule has 0 aliphatic heterocycles. The molecule has 0 saturated carbocycles. The van der Waals surface area contributed by atoms with E-state index in [0.29, 0.717) is 5.56 Å². The summed E-state index contributed by atoms with van der Waals surface area (Å²) in [6, 6.07) is 4.52.